The first-order chi connectivity index (χ1) is 4.58. The van der Waals surface area contributed by atoms with E-state index < -0.39 is 8.07 Å². The Morgan fingerprint density at radius 1 is 1.30 bits per heavy atom. The second-order valence-corrected chi connectivity index (χ2v) is 8.95. The van der Waals surface area contributed by atoms with E-state index in [0.29, 0.717) is 0 Å². The molecule has 0 spiro atoms. The van der Waals surface area contributed by atoms with Crippen LogP contribution in [0, 0.1) is 17.4 Å². The molecule has 0 aromatic heterocycles. The summed E-state index contributed by atoms with van der Waals surface area (Å²) in [6, 6.07) is 0. The summed E-state index contributed by atoms with van der Waals surface area (Å²) in [5.41, 5.74) is 3.38. The van der Waals surface area contributed by atoms with Gasteiger partial charge in [0.25, 0.3) is 0 Å². The average molecular weight is 152 g/mol. The lowest BCUT2D eigenvalue weighted by molar-refractivity contribution is 0.884. The smallest absolute Gasteiger partial charge is 0.129 e. The van der Waals surface area contributed by atoms with Gasteiger partial charge in [0.05, 0.1) is 0 Å². The highest BCUT2D eigenvalue weighted by Crippen LogP contribution is 2.31. The Bertz CT molecular complexity index is 161. The largest absolute Gasteiger partial charge is 0.132 e. The van der Waals surface area contributed by atoms with E-state index in [-0.39, 0.29) is 0 Å². The van der Waals surface area contributed by atoms with Crippen molar-refractivity contribution < 1.29 is 0 Å². The molecule has 0 saturated heterocycles. The molecule has 0 aliphatic heterocycles. The molecule has 0 bridgehead atoms. The Labute approximate surface area is 65.0 Å². The lowest BCUT2D eigenvalue weighted by Crippen LogP contribution is -2.16. The molecule has 0 unspecified atom stereocenters. The van der Waals surface area contributed by atoms with Crippen molar-refractivity contribution in [3.05, 3.63) is 0 Å². The summed E-state index contributed by atoms with van der Waals surface area (Å²) in [6.07, 6.45) is 4.03. The van der Waals surface area contributed by atoms with Crippen LogP contribution in [0.5, 0.6) is 0 Å². The van der Waals surface area contributed by atoms with Crippen LogP contribution in [0.25, 0.3) is 0 Å². The van der Waals surface area contributed by atoms with E-state index in [1.807, 2.05) is 0 Å². The molecule has 1 fully saturated rings. The van der Waals surface area contributed by atoms with Crippen LogP contribution in [0.3, 0.4) is 0 Å². The van der Waals surface area contributed by atoms with Gasteiger partial charge in [-0.3, -0.25) is 0 Å². The SMILES string of the molecule is C[Si](C)(C)C#CCC1CC1. The number of hydrogen-bond donors (Lipinski definition) is 0. The van der Waals surface area contributed by atoms with E-state index in [1.54, 1.807) is 0 Å². The fraction of sp³-hybridized carbons (Fsp3) is 0.778. The van der Waals surface area contributed by atoms with Crippen LogP contribution in [0.2, 0.25) is 19.6 Å². The molecule has 10 heavy (non-hydrogen) atoms. The molecule has 56 valence electrons. The van der Waals surface area contributed by atoms with Gasteiger partial charge in [-0.15, -0.1) is 11.5 Å². The fourth-order valence-corrected chi connectivity index (χ4v) is 1.41. The minimum absolute atomic E-state index is 0.976. The quantitative estimate of drug-likeness (QED) is 0.400. The Kier molecular flexibility index (Phi) is 2.20. The molecule has 1 aliphatic rings. The van der Waals surface area contributed by atoms with Crippen molar-refractivity contribution in [3.8, 4) is 11.5 Å². The zero-order valence-electron chi connectivity index (χ0n) is 7.20. The highest BCUT2D eigenvalue weighted by molar-refractivity contribution is 6.83. The molecule has 1 aliphatic carbocycles. The van der Waals surface area contributed by atoms with E-state index in [1.165, 1.54) is 19.3 Å². The maximum atomic E-state index is 3.38. The van der Waals surface area contributed by atoms with Crippen LogP contribution in [0.15, 0.2) is 0 Å². The standard InChI is InChI=1S/C9H16Si/c1-10(2,3)8-4-5-9-6-7-9/h9H,5-7H2,1-3H3. The molecule has 1 saturated carbocycles. The van der Waals surface area contributed by atoms with E-state index >= 15 is 0 Å². The van der Waals surface area contributed by atoms with Gasteiger partial charge in [-0.1, -0.05) is 19.6 Å². The Hall–Kier alpha value is -0.223. The molecule has 0 N–H and O–H groups in total. The van der Waals surface area contributed by atoms with Crippen molar-refractivity contribution >= 4 is 8.07 Å². The van der Waals surface area contributed by atoms with E-state index in [2.05, 4.69) is 31.1 Å². The fourth-order valence-electron chi connectivity index (χ4n) is 0.783. The van der Waals surface area contributed by atoms with Gasteiger partial charge in [0.2, 0.25) is 0 Å². The molecule has 1 rings (SSSR count). The van der Waals surface area contributed by atoms with Gasteiger partial charge in [-0.05, 0) is 18.8 Å². The van der Waals surface area contributed by atoms with Crippen LogP contribution in [0.1, 0.15) is 19.3 Å². The summed E-state index contributed by atoms with van der Waals surface area (Å²) >= 11 is 0. The molecule has 0 atom stereocenters. The predicted octanol–water partition coefficient (Wildman–Crippen LogP) is 2.67. The van der Waals surface area contributed by atoms with Gasteiger partial charge < -0.3 is 0 Å². The van der Waals surface area contributed by atoms with Crippen molar-refractivity contribution in [1.29, 1.82) is 0 Å². The summed E-state index contributed by atoms with van der Waals surface area (Å²) in [7, 11) is -1.06. The predicted molar refractivity (Wildman–Crippen MR) is 48.5 cm³/mol. The van der Waals surface area contributed by atoms with Crippen molar-refractivity contribution in [2.75, 3.05) is 0 Å². The van der Waals surface area contributed by atoms with Gasteiger partial charge >= 0.3 is 0 Å². The van der Waals surface area contributed by atoms with Crippen molar-refractivity contribution in [2.24, 2.45) is 5.92 Å². The topological polar surface area (TPSA) is 0 Å². The third-order valence-electron chi connectivity index (χ3n) is 1.55. The minimum Gasteiger partial charge on any atom is -0.132 e. The lowest BCUT2D eigenvalue weighted by Gasteiger charge is -2.02. The molecule has 0 radical (unpaired) electrons. The van der Waals surface area contributed by atoms with Crippen LogP contribution < -0.4 is 0 Å². The Morgan fingerprint density at radius 3 is 2.30 bits per heavy atom. The molecule has 0 heterocycles. The van der Waals surface area contributed by atoms with Gasteiger partial charge in [-0.2, -0.15) is 0 Å². The maximum Gasteiger partial charge on any atom is 0.129 e. The molecule has 0 amide bonds. The average Bonchev–Trinajstić information content (AvgIpc) is 2.45. The molecule has 0 aromatic carbocycles. The van der Waals surface area contributed by atoms with Crippen LogP contribution in [0.4, 0.5) is 0 Å². The Morgan fingerprint density at radius 2 is 1.90 bits per heavy atom. The first-order valence-corrected chi connectivity index (χ1v) is 7.58. The van der Waals surface area contributed by atoms with Crippen LogP contribution in [-0.4, -0.2) is 8.07 Å². The summed E-state index contributed by atoms with van der Waals surface area (Å²) in [6.45, 7) is 6.90. The molecular weight excluding hydrogens is 136 g/mol. The molecule has 0 aromatic rings. The minimum atomic E-state index is -1.06. The number of hydrogen-bond acceptors (Lipinski definition) is 0. The summed E-state index contributed by atoms with van der Waals surface area (Å²) < 4.78 is 0. The third-order valence-corrected chi connectivity index (χ3v) is 2.48. The van der Waals surface area contributed by atoms with Gasteiger partial charge in [0.1, 0.15) is 8.07 Å². The second-order valence-electron chi connectivity index (χ2n) is 4.20. The molecule has 0 nitrogen and oxygen atoms in total. The highest BCUT2D eigenvalue weighted by Gasteiger charge is 2.19. The zero-order chi connectivity index (χ0) is 7.61. The normalized spacial score (nSPS) is 17.9. The third kappa shape index (κ3) is 3.74. The van der Waals surface area contributed by atoms with E-state index in [4.69, 9.17) is 0 Å². The highest BCUT2D eigenvalue weighted by atomic mass is 28.3. The maximum absolute atomic E-state index is 3.38. The summed E-state index contributed by atoms with van der Waals surface area (Å²) in [5, 5.41) is 0. The second kappa shape index (κ2) is 2.80. The van der Waals surface area contributed by atoms with Crippen molar-refractivity contribution in [3.63, 3.8) is 0 Å². The summed E-state index contributed by atoms with van der Waals surface area (Å²) in [5.74, 6) is 4.27. The monoisotopic (exact) mass is 152 g/mol. The van der Waals surface area contributed by atoms with Gasteiger partial charge in [0.15, 0.2) is 0 Å². The first kappa shape index (κ1) is 7.88. The number of rotatable bonds is 1. The lowest BCUT2D eigenvalue weighted by atomic mass is 10.3. The molecular formula is C9H16Si. The summed E-state index contributed by atoms with van der Waals surface area (Å²) in [4.78, 5) is 0. The molecule has 1 heteroatoms. The van der Waals surface area contributed by atoms with E-state index in [0.717, 1.165) is 5.92 Å². The van der Waals surface area contributed by atoms with Crippen LogP contribution in [-0.2, 0) is 0 Å². The van der Waals surface area contributed by atoms with E-state index in [9.17, 15) is 0 Å². The van der Waals surface area contributed by atoms with Crippen molar-refractivity contribution in [1.82, 2.24) is 0 Å². The zero-order valence-corrected chi connectivity index (χ0v) is 8.20. The van der Waals surface area contributed by atoms with Gasteiger partial charge in [0, 0.05) is 6.42 Å². The van der Waals surface area contributed by atoms with Crippen LogP contribution >= 0.6 is 0 Å². The first-order valence-electron chi connectivity index (χ1n) is 4.08. The Balaban J connectivity index is 2.23. The van der Waals surface area contributed by atoms with Crippen molar-refractivity contribution in [2.45, 2.75) is 38.9 Å². The van der Waals surface area contributed by atoms with Gasteiger partial charge in [-0.25, -0.2) is 0 Å².